The predicted octanol–water partition coefficient (Wildman–Crippen LogP) is 3.25. The van der Waals surface area contributed by atoms with E-state index in [-0.39, 0.29) is 0 Å². The molecule has 1 aromatic carbocycles. The molecule has 0 spiro atoms. The van der Waals surface area contributed by atoms with Crippen LogP contribution in [0.3, 0.4) is 0 Å². The molecule has 0 unspecified atom stereocenters. The van der Waals surface area contributed by atoms with Crippen molar-refractivity contribution in [1.29, 1.82) is 0 Å². The molecule has 0 saturated carbocycles. The van der Waals surface area contributed by atoms with Crippen LogP contribution < -0.4 is 15.4 Å². The Morgan fingerprint density at radius 1 is 1.27 bits per heavy atom. The lowest BCUT2D eigenvalue weighted by Gasteiger charge is -2.15. The van der Waals surface area contributed by atoms with Crippen molar-refractivity contribution >= 4 is 5.96 Å². The molecule has 1 aliphatic carbocycles. The van der Waals surface area contributed by atoms with E-state index in [2.05, 4.69) is 27.8 Å². The highest BCUT2D eigenvalue weighted by Gasteiger charge is 2.04. The van der Waals surface area contributed by atoms with Crippen molar-refractivity contribution in [3.8, 4) is 5.75 Å². The first-order chi connectivity index (χ1) is 10.8. The van der Waals surface area contributed by atoms with Gasteiger partial charge in [-0.1, -0.05) is 23.8 Å². The molecule has 2 rings (SSSR count). The summed E-state index contributed by atoms with van der Waals surface area (Å²) < 4.78 is 5.24. The molecule has 1 aliphatic rings. The van der Waals surface area contributed by atoms with Crippen molar-refractivity contribution in [1.82, 2.24) is 10.6 Å². The summed E-state index contributed by atoms with van der Waals surface area (Å²) in [6, 6.07) is 8.07. The van der Waals surface area contributed by atoms with E-state index < -0.39 is 0 Å². The van der Waals surface area contributed by atoms with Gasteiger partial charge in [0, 0.05) is 20.1 Å². The molecule has 4 nitrogen and oxygen atoms in total. The van der Waals surface area contributed by atoms with E-state index in [0.29, 0.717) is 0 Å². The van der Waals surface area contributed by atoms with Gasteiger partial charge in [0.15, 0.2) is 5.96 Å². The number of hydrogen-bond acceptors (Lipinski definition) is 2. The summed E-state index contributed by atoms with van der Waals surface area (Å²) in [4.78, 5) is 4.27. The maximum absolute atomic E-state index is 5.24. The van der Waals surface area contributed by atoms with Gasteiger partial charge in [0.2, 0.25) is 0 Å². The molecule has 0 radical (unpaired) electrons. The lowest BCUT2D eigenvalue weighted by Crippen LogP contribution is -2.37. The Morgan fingerprint density at radius 3 is 2.91 bits per heavy atom. The number of rotatable bonds is 6. The fourth-order valence-electron chi connectivity index (χ4n) is 2.66. The summed E-state index contributed by atoms with van der Waals surface area (Å²) >= 11 is 0. The van der Waals surface area contributed by atoms with E-state index in [4.69, 9.17) is 4.74 Å². The highest BCUT2D eigenvalue weighted by molar-refractivity contribution is 5.79. The summed E-state index contributed by atoms with van der Waals surface area (Å²) in [5, 5.41) is 6.72. The third kappa shape index (κ3) is 5.43. The highest BCUT2D eigenvalue weighted by Crippen LogP contribution is 2.19. The predicted molar refractivity (Wildman–Crippen MR) is 92.4 cm³/mol. The molecule has 0 saturated heterocycles. The summed E-state index contributed by atoms with van der Waals surface area (Å²) in [5.41, 5.74) is 2.76. The van der Waals surface area contributed by atoms with Crippen LogP contribution in [0.2, 0.25) is 0 Å². The SMILES string of the molecule is CN=C(NCCC1=CCCCC1)NCc1cccc(OC)c1. The molecule has 4 heteroatoms. The monoisotopic (exact) mass is 301 g/mol. The van der Waals surface area contributed by atoms with Crippen LogP contribution in [-0.4, -0.2) is 26.7 Å². The quantitative estimate of drug-likeness (QED) is 0.482. The third-order valence-corrected chi connectivity index (χ3v) is 3.94. The number of guanidine groups is 1. The Morgan fingerprint density at radius 2 is 2.18 bits per heavy atom. The average molecular weight is 301 g/mol. The Labute approximate surface area is 133 Å². The number of aliphatic imine (C=N–C) groups is 1. The van der Waals surface area contributed by atoms with Crippen LogP contribution in [-0.2, 0) is 6.54 Å². The first-order valence-electron chi connectivity index (χ1n) is 8.07. The van der Waals surface area contributed by atoms with Gasteiger partial charge in [-0.3, -0.25) is 4.99 Å². The molecule has 0 heterocycles. The maximum atomic E-state index is 5.24. The fraction of sp³-hybridized carbons (Fsp3) is 0.500. The zero-order valence-corrected chi connectivity index (χ0v) is 13.7. The molecule has 0 aromatic heterocycles. The van der Waals surface area contributed by atoms with Crippen molar-refractivity contribution in [2.75, 3.05) is 20.7 Å². The smallest absolute Gasteiger partial charge is 0.191 e. The number of nitrogens with zero attached hydrogens (tertiary/aromatic N) is 1. The molecular formula is C18H27N3O. The van der Waals surface area contributed by atoms with E-state index in [1.54, 1.807) is 19.7 Å². The standard InChI is InChI=1S/C18H27N3O/c1-19-18(20-12-11-15-7-4-3-5-8-15)21-14-16-9-6-10-17(13-16)22-2/h6-7,9-10,13H,3-5,8,11-12,14H2,1-2H3,(H2,19,20,21). The lowest BCUT2D eigenvalue weighted by atomic mass is 9.97. The van der Waals surface area contributed by atoms with E-state index in [1.165, 1.54) is 31.2 Å². The maximum Gasteiger partial charge on any atom is 0.191 e. The van der Waals surface area contributed by atoms with Gasteiger partial charge >= 0.3 is 0 Å². The van der Waals surface area contributed by atoms with Gasteiger partial charge in [0.1, 0.15) is 5.75 Å². The molecule has 1 aromatic rings. The van der Waals surface area contributed by atoms with Gasteiger partial charge < -0.3 is 15.4 Å². The van der Waals surface area contributed by atoms with Crippen molar-refractivity contribution < 1.29 is 4.74 Å². The van der Waals surface area contributed by atoms with Gasteiger partial charge in [-0.25, -0.2) is 0 Å². The number of benzene rings is 1. The second-order valence-electron chi connectivity index (χ2n) is 5.56. The zero-order chi connectivity index (χ0) is 15.6. The number of nitrogens with one attached hydrogen (secondary N) is 2. The lowest BCUT2D eigenvalue weighted by molar-refractivity contribution is 0.414. The second kappa shape index (κ2) is 9.13. The van der Waals surface area contributed by atoms with Crippen molar-refractivity contribution in [3.05, 3.63) is 41.5 Å². The van der Waals surface area contributed by atoms with Crippen LogP contribution in [0, 0.1) is 0 Å². The number of ether oxygens (including phenoxy) is 1. The van der Waals surface area contributed by atoms with Gasteiger partial charge in [0.05, 0.1) is 7.11 Å². The molecule has 0 atom stereocenters. The largest absolute Gasteiger partial charge is 0.497 e. The van der Waals surface area contributed by atoms with Crippen LogP contribution in [0.5, 0.6) is 5.75 Å². The van der Waals surface area contributed by atoms with Crippen LogP contribution in [0.1, 0.15) is 37.7 Å². The Kier molecular flexibility index (Phi) is 6.81. The first kappa shape index (κ1) is 16.4. The molecule has 2 N–H and O–H groups in total. The van der Waals surface area contributed by atoms with Crippen LogP contribution in [0.25, 0.3) is 0 Å². The van der Waals surface area contributed by atoms with E-state index in [9.17, 15) is 0 Å². The summed E-state index contributed by atoms with van der Waals surface area (Å²) in [7, 11) is 3.49. The van der Waals surface area contributed by atoms with Crippen molar-refractivity contribution in [2.45, 2.75) is 38.6 Å². The molecule has 0 fully saturated rings. The van der Waals surface area contributed by atoms with Gasteiger partial charge in [-0.05, 0) is 49.8 Å². The molecular weight excluding hydrogens is 274 g/mol. The summed E-state index contributed by atoms with van der Waals surface area (Å²) in [6.07, 6.45) is 8.71. The minimum absolute atomic E-state index is 0.736. The van der Waals surface area contributed by atoms with Gasteiger partial charge in [-0.2, -0.15) is 0 Å². The van der Waals surface area contributed by atoms with Crippen LogP contribution in [0.4, 0.5) is 0 Å². The van der Waals surface area contributed by atoms with Crippen LogP contribution in [0.15, 0.2) is 40.9 Å². The summed E-state index contributed by atoms with van der Waals surface area (Å²) in [5.74, 6) is 1.73. The molecule has 0 bridgehead atoms. The van der Waals surface area contributed by atoms with E-state index in [0.717, 1.165) is 31.2 Å². The third-order valence-electron chi connectivity index (χ3n) is 3.94. The van der Waals surface area contributed by atoms with Crippen LogP contribution >= 0.6 is 0 Å². The zero-order valence-electron chi connectivity index (χ0n) is 13.7. The number of hydrogen-bond donors (Lipinski definition) is 2. The molecule has 0 aliphatic heterocycles. The average Bonchev–Trinajstić information content (AvgIpc) is 2.59. The fourth-order valence-corrected chi connectivity index (χ4v) is 2.66. The molecule has 0 amide bonds. The van der Waals surface area contributed by atoms with Crippen molar-refractivity contribution in [3.63, 3.8) is 0 Å². The molecule has 22 heavy (non-hydrogen) atoms. The summed E-state index contributed by atoms with van der Waals surface area (Å²) in [6.45, 7) is 1.67. The van der Waals surface area contributed by atoms with E-state index >= 15 is 0 Å². The molecule has 120 valence electrons. The topological polar surface area (TPSA) is 45.7 Å². The second-order valence-corrected chi connectivity index (χ2v) is 5.56. The Hall–Kier alpha value is -1.97. The Balaban J connectivity index is 1.73. The minimum Gasteiger partial charge on any atom is -0.497 e. The first-order valence-corrected chi connectivity index (χ1v) is 8.07. The minimum atomic E-state index is 0.736. The van der Waals surface area contributed by atoms with Crippen molar-refractivity contribution in [2.24, 2.45) is 4.99 Å². The highest BCUT2D eigenvalue weighted by atomic mass is 16.5. The number of allylic oxidation sites excluding steroid dienone is 1. The number of methoxy groups -OCH3 is 1. The Bertz CT molecular complexity index is 523. The normalized spacial score (nSPS) is 15.2. The van der Waals surface area contributed by atoms with Gasteiger partial charge in [-0.15, -0.1) is 0 Å². The van der Waals surface area contributed by atoms with Gasteiger partial charge in [0.25, 0.3) is 0 Å². The van der Waals surface area contributed by atoms with E-state index in [1.807, 2.05) is 18.2 Å².